The van der Waals surface area contributed by atoms with E-state index in [4.69, 9.17) is 9.05 Å². The van der Waals surface area contributed by atoms with Crippen LogP contribution in [0.4, 0.5) is 0 Å². The van der Waals surface area contributed by atoms with Gasteiger partial charge < -0.3 is 9.05 Å². The van der Waals surface area contributed by atoms with E-state index in [9.17, 15) is 18.9 Å². The monoisotopic (exact) mass is 312 g/mol. The largest absolute Gasteiger partial charge is 0.425 e. The van der Waals surface area contributed by atoms with Crippen LogP contribution in [0, 0.1) is 0 Å². The van der Waals surface area contributed by atoms with E-state index in [1.54, 1.807) is 6.92 Å². The molecule has 1 atom stereocenters. The molecule has 1 unspecified atom stereocenters. The van der Waals surface area contributed by atoms with Crippen molar-refractivity contribution in [1.29, 1.82) is 0 Å². The van der Waals surface area contributed by atoms with Crippen molar-refractivity contribution in [3.8, 4) is 5.75 Å². The zero-order valence-electron chi connectivity index (χ0n) is 12.3. The lowest BCUT2D eigenvalue weighted by molar-refractivity contribution is 0.101. The first-order valence-corrected chi connectivity index (χ1v) is 7.55. The van der Waals surface area contributed by atoms with Crippen LogP contribution < -0.4 is 4.52 Å². The Balaban J connectivity index is 3.50. The first kappa shape index (κ1) is 17.3. The van der Waals surface area contributed by atoms with E-state index in [1.807, 2.05) is 0 Å². The Morgan fingerprint density at radius 3 is 1.81 bits per heavy atom. The fraction of sp³-hybridized carbons (Fsp3) is 0.357. The maximum atomic E-state index is 11.7. The minimum atomic E-state index is -2.88. The third-order valence-corrected chi connectivity index (χ3v) is 3.60. The van der Waals surface area contributed by atoms with Gasteiger partial charge in [0.05, 0.1) is 17.7 Å². The highest BCUT2D eigenvalue weighted by Crippen LogP contribution is 2.35. The Bertz CT molecular complexity index is 585. The fourth-order valence-electron chi connectivity index (χ4n) is 1.70. The molecule has 114 valence electrons. The second-order valence-corrected chi connectivity index (χ2v) is 5.35. The molecular formula is C14H17O6P. The van der Waals surface area contributed by atoms with Crippen LogP contribution in [-0.4, -0.2) is 24.0 Å². The predicted octanol–water partition coefficient (Wildman–Crippen LogP) is 3.10. The van der Waals surface area contributed by atoms with Gasteiger partial charge in [-0.05, 0) is 39.8 Å². The molecule has 0 aliphatic heterocycles. The third kappa shape index (κ3) is 4.34. The maximum Gasteiger partial charge on any atom is 0.367 e. The highest BCUT2D eigenvalue weighted by atomic mass is 31.1. The zero-order chi connectivity index (χ0) is 16.2. The number of Topliss-reactive ketones (excluding diaryl/α,β-unsaturated/α-hetero) is 3. The van der Waals surface area contributed by atoms with E-state index in [-0.39, 0.29) is 34.8 Å². The lowest BCUT2D eigenvalue weighted by atomic mass is 9.98. The van der Waals surface area contributed by atoms with Crippen molar-refractivity contribution in [1.82, 2.24) is 0 Å². The zero-order valence-corrected chi connectivity index (χ0v) is 13.3. The van der Waals surface area contributed by atoms with Crippen molar-refractivity contribution in [3.05, 3.63) is 28.8 Å². The van der Waals surface area contributed by atoms with Crippen LogP contribution in [0.1, 0.15) is 58.8 Å². The fourth-order valence-corrected chi connectivity index (χ4v) is 2.38. The average Bonchev–Trinajstić information content (AvgIpc) is 2.37. The van der Waals surface area contributed by atoms with Gasteiger partial charge in [-0.3, -0.25) is 14.4 Å². The molecule has 0 N–H and O–H groups in total. The van der Waals surface area contributed by atoms with Gasteiger partial charge >= 0.3 is 8.25 Å². The van der Waals surface area contributed by atoms with Crippen molar-refractivity contribution in [2.75, 3.05) is 6.61 Å². The Kier molecular flexibility index (Phi) is 6.00. The van der Waals surface area contributed by atoms with Crippen LogP contribution in [0.15, 0.2) is 12.1 Å². The second kappa shape index (κ2) is 7.29. The standard InChI is InChI=1S/C14H17O6P/c1-5-19-21(18)20-14-12(9(3)16)6-11(8(2)15)7-13(14)10(4)17/h6-7,21H,5H2,1-4H3. The molecule has 1 rings (SSSR count). The van der Waals surface area contributed by atoms with Crippen LogP contribution in [0.5, 0.6) is 5.75 Å². The summed E-state index contributed by atoms with van der Waals surface area (Å²) < 4.78 is 21.6. The van der Waals surface area contributed by atoms with Crippen molar-refractivity contribution in [2.24, 2.45) is 0 Å². The lowest BCUT2D eigenvalue weighted by Gasteiger charge is -2.14. The first-order chi connectivity index (χ1) is 9.77. The molecule has 6 nitrogen and oxygen atoms in total. The molecule has 0 aliphatic rings. The quantitative estimate of drug-likeness (QED) is 0.568. The van der Waals surface area contributed by atoms with Crippen molar-refractivity contribution in [3.63, 3.8) is 0 Å². The lowest BCUT2D eigenvalue weighted by Crippen LogP contribution is -2.07. The van der Waals surface area contributed by atoms with Crippen LogP contribution in [0.3, 0.4) is 0 Å². The summed E-state index contributed by atoms with van der Waals surface area (Å²) in [6.45, 7) is 5.69. The SMILES string of the molecule is CCO[PH](=O)Oc1c(C(C)=O)cc(C(C)=O)cc1C(C)=O. The van der Waals surface area contributed by atoms with E-state index in [0.717, 1.165) is 0 Å². The molecule has 1 aromatic carbocycles. The number of rotatable bonds is 7. The smallest absolute Gasteiger partial charge is 0.367 e. The van der Waals surface area contributed by atoms with E-state index in [2.05, 4.69) is 0 Å². The van der Waals surface area contributed by atoms with Crippen LogP contribution in [-0.2, 0) is 9.09 Å². The summed E-state index contributed by atoms with van der Waals surface area (Å²) in [7, 11) is -2.88. The average molecular weight is 312 g/mol. The molecule has 0 spiro atoms. The molecule has 0 amide bonds. The van der Waals surface area contributed by atoms with Gasteiger partial charge in [0.15, 0.2) is 23.1 Å². The molecule has 0 radical (unpaired) electrons. The van der Waals surface area contributed by atoms with Gasteiger partial charge in [-0.2, -0.15) is 0 Å². The highest BCUT2D eigenvalue weighted by Gasteiger charge is 2.21. The Labute approximate surface area is 123 Å². The summed E-state index contributed by atoms with van der Waals surface area (Å²) >= 11 is 0. The van der Waals surface area contributed by atoms with Gasteiger partial charge in [-0.15, -0.1) is 0 Å². The Morgan fingerprint density at radius 1 is 1.00 bits per heavy atom. The van der Waals surface area contributed by atoms with Crippen molar-refractivity contribution >= 4 is 25.6 Å². The molecule has 0 saturated heterocycles. The molecule has 0 saturated carbocycles. The molecule has 0 aliphatic carbocycles. The van der Waals surface area contributed by atoms with Gasteiger partial charge in [0.1, 0.15) is 0 Å². The summed E-state index contributed by atoms with van der Waals surface area (Å²) in [5.41, 5.74) is 0.283. The van der Waals surface area contributed by atoms with Crippen LogP contribution in [0.25, 0.3) is 0 Å². The highest BCUT2D eigenvalue weighted by molar-refractivity contribution is 7.33. The number of carbonyl (C=O) groups excluding carboxylic acids is 3. The maximum absolute atomic E-state index is 11.7. The van der Waals surface area contributed by atoms with Crippen LogP contribution in [0.2, 0.25) is 0 Å². The second-order valence-electron chi connectivity index (χ2n) is 4.35. The molecule has 21 heavy (non-hydrogen) atoms. The molecular weight excluding hydrogens is 295 g/mol. The van der Waals surface area contributed by atoms with Gasteiger partial charge in [-0.25, -0.2) is 4.57 Å². The summed E-state index contributed by atoms with van der Waals surface area (Å²) in [5.74, 6) is -1.19. The van der Waals surface area contributed by atoms with E-state index in [1.165, 1.54) is 32.9 Å². The molecule has 0 heterocycles. The first-order valence-electron chi connectivity index (χ1n) is 6.33. The summed E-state index contributed by atoms with van der Waals surface area (Å²) in [6, 6.07) is 2.65. The van der Waals surface area contributed by atoms with E-state index >= 15 is 0 Å². The van der Waals surface area contributed by atoms with Gasteiger partial charge in [0.2, 0.25) is 0 Å². The van der Waals surface area contributed by atoms with Crippen molar-refractivity contribution < 1.29 is 28.0 Å². The minimum absolute atomic E-state index is 0.0333. The molecule has 0 bridgehead atoms. The minimum Gasteiger partial charge on any atom is -0.425 e. The van der Waals surface area contributed by atoms with E-state index in [0.29, 0.717) is 0 Å². The summed E-state index contributed by atoms with van der Waals surface area (Å²) in [4.78, 5) is 34.9. The van der Waals surface area contributed by atoms with Crippen molar-refractivity contribution in [2.45, 2.75) is 27.7 Å². The number of hydrogen-bond acceptors (Lipinski definition) is 6. The summed E-state index contributed by atoms with van der Waals surface area (Å²) in [6.07, 6.45) is 0. The van der Waals surface area contributed by atoms with Crippen LogP contribution >= 0.6 is 8.25 Å². The molecule has 1 aromatic rings. The molecule has 0 fully saturated rings. The number of ketones is 3. The van der Waals surface area contributed by atoms with Gasteiger partial charge in [0, 0.05) is 5.56 Å². The summed E-state index contributed by atoms with van der Waals surface area (Å²) in [5, 5.41) is 0. The Morgan fingerprint density at radius 2 is 1.48 bits per heavy atom. The number of benzene rings is 1. The van der Waals surface area contributed by atoms with E-state index < -0.39 is 19.8 Å². The molecule has 0 aromatic heterocycles. The topological polar surface area (TPSA) is 86.7 Å². The number of hydrogen-bond donors (Lipinski definition) is 0. The van der Waals surface area contributed by atoms with Gasteiger partial charge in [-0.1, -0.05) is 0 Å². The Hall–Kier alpha value is -1.78. The van der Waals surface area contributed by atoms with Gasteiger partial charge in [0.25, 0.3) is 0 Å². The third-order valence-electron chi connectivity index (χ3n) is 2.70. The predicted molar refractivity (Wildman–Crippen MR) is 77.7 cm³/mol. The normalized spacial score (nSPS) is 11.8. The number of carbonyl (C=O) groups is 3. The molecule has 7 heteroatoms.